The molecule has 2 aliphatic rings. The molecule has 1 unspecified atom stereocenters. The van der Waals surface area contributed by atoms with Crippen LogP contribution in [0.5, 0.6) is 0 Å². The second-order valence-electron chi connectivity index (χ2n) is 7.60. The van der Waals surface area contributed by atoms with Gasteiger partial charge in [-0.3, -0.25) is 14.5 Å². The number of aryl methyl sites for hydroxylation is 1. The van der Waals surface area contributed by atoms with E-state index in [1.807, 2.05) is 43.3 Å². The molecular weight excluding hydrogens is 435 g/mol. The van der Waals surface area contributed by atoms with E-state index >= 15 is 0 Å². The van der Waals surface area contributed by atoms with Gasteiger partial charge in [0.15, 0.2) is 0 Å². The molecule has 1 spiro atoms. The average molecular weight is 453 g/mol. The molecule has 3 aromatic carbocycles. The van der Waals surface area contributed by atoms with Crippen molar-refractivity contribution >= 4 is 46.6 Å². The second-order valence-corrected chi connectivity index (χ2v) is 9.17. The number of hydrogen-bond acceptors (Lipinski definition) is 3. The van der Waals surface area contributed by atoms with Crippen molar-refractivity contribution < 1.29 is 14.0 Å². The van der Waals surface area contributed by atoms with Crippen LogP contribution < -0.4 is 9.80 Å². The fourth-order valence-electron chi connectivity index (χ4n) is 4.23. The maximum atomic E-state index is 14.4. The Morgan fingerprint density at radius 3 is 2.58 bits per heavy atom. The summed E-state index contributed by atoms with van der Waals surface area (Å²) < 4.78 is 14.4. The minimum absolute atomic E-state index is 0.0848. The molecule has 1 saturated heterocycles. The summed E-state index contributed by atoms with van der Waals surface area (Å²) in [4.78, 5) is 28.9. The highest BCUT2D eigenvalue weighted by atomic mass is 35.5. The molecule has 1 atom stereocenters. The minimum Gasteiger partial charge on any atom is -0.304 e. The standard InChI is InChI=1S/C24H18ClFN2O2S/c1-15-10-11-17(12-19(15)25)28-22(29)14-31-24(28)18-7-3-5-9-21(18)27(23(24)30)13-16-6-2-4-8-20(16)26/h2-12H,13-14H2,1H3. The molecule has 0 aromatic heterocycles. The molecule has 0 bridgehead atoms. The highest BCUT2D eigenvalue weighted by molar-refractivity contribution is 8.02. The SMILES string of the molecule is Cc1ccc(N2C(=O)CSC23C(=O)N(Cc2ccccc2F)c2ccccc23)cc1Cl. The molecule has 31 heavy (non-hydrogen) atoms. The summed E-state index contributed by atoms with van der Waals surface area (Å²) in [5, 5.41) is 0.527. The summed E-state index contributed by atoms with van der Waals surface area (Å²) in [7, 11) is 0. The number of amides is 2. The van der Waals surface area contributed by atoms with E-state index in [0.29, 0.717) is 22.0 Å². The van der Waals surface area contributed by atoms with E-state index in [1.54, 1.807) is 34.1 Å². The molecule has 7 heteroatoms. The van der Waals surface area contributed by atoms with Crippen molar-refractivity contribution in [1.29, 1.82) is 0 Å². The zero-order valence-electron chi connectivity index (χ0n) is 16.6. The summed E-state index contributed by atoms with van der Waals surface area (Å²) >= 11 is 7.63. The first-order chi connectivity index (χ1) is 14.9. The topological polar surface area (TPSA) is 40.6 Å². The maximum absolute atomic E-state index is 14.4. The van der Waals surface area contributed by atoms with E-state index in [2.05, 4.69) is 0 Å². The highest BCUT2D eigenvalue weighted by Crippen LogP contribution is 2.56. The summed E-state index contributed by atoms with van der Waals surface area (Å²) in [5.41, 5.74) is 3.28. The lowest BCUT2D eigenvalue weighted by molar-refractivity contribution is -0.123. The van der Waals surface area contributed by atoms with Gasteiger partial charge in [-0.2, -0.15) is 0 Å². The summed E-state index contributed by atoms with van der Waals surface area (Å²) in [6, 6.07) is 19.2. The molecule has 0 radical (unpaired) electrons. The molecule has 1 fully saturated rings. The summed E-state index contributed by atoms with van der Waals surface area (Å²) in [6.07, 6.45) is 0. The number of carbonyl (C=O) groups excluding carboxylic acids is 2. The molecule has 4 nitrogen and oxygen atoms in total. The maximum Gasteiger partial charge on any atom is 0.269 e. The van der Waals surface area contributed by atoms with Crippen LogP contribution in [0.15, 0.2) is 66.7 Å². The van der Waals surface area contributed by atoms with Gasteiger partial charge in [0.1, 0.15) is 5.82 Å². The number of fused-ring (bicyclic) bond motifs is 2. The van der Waals surface area contributed by atoms with Gasteiger partial charge < -0.3 is 4.90 Å². The first-order valence-corrected chi connectivity index (χ1v) is 11.2. The third-order valence-electron chi connectivity index (χ3n) is 5.76. The molecule has 3 aromatic rings. The summed E-state index contributed by atoms with van der Waals surface area (Å²) in [5.74, 6) is -0.629. The van der Waals surface area contributed by atoms with Gasteiger partial charge >= 0.3 is 0 Å². The van der Waals surface area contributed by atoms with Crippen molar-refractivity contribution in [2.45, 2.75) is 18.3 Å². The van der Waals surface area contributed by atoms with Gasteiger partial charge in [0, 0.05) is 21.8 Å². The van der Waals surface area contributed by atoms with Crippen molar-refractivity contribution in [1.82, 2.24) is 0 Å². The van der Waals surface area contributed by atoms with Gasteiger partial charge in [-0.05, 0) is 36.8 Å². The van der Waals surface area contributed by atoms with Crippen LogP contribution >= 0.6 is 23.4 Å². The van der Waals surface area contributed by atoms with E-state index in [4.69, 9.17) is 11.6 Å². The minimum atomic E-state index is -1.24. The van der Waals surface area contributed by atoms with Crippen molar-refractivity contribution in [2.75, 3.05) is 15.6 Å². The van der Waals surface area contributed by atoms with Crippen LogP contribution in [0.2, 0.25) is 5.02 Å². The molecule has 2 aliphatic heterocycles. The van der Waals surface area contributed by atoms with Gasteiger partial charge in [-0.25, -0.2) is 4.39 Å². The predicted molar refractivity (Wildman–Crippen MR) is 122 cm³/mol. The molecule has 5 rings (SSSR count). The van der Waals surface area contributed by atoms with E-state index in [9.17, 15) is 14.0 Å². The van der Waals surface area contributed by atoms with Crippen LogP contribution in [0.1, 0.15) is 16.7 Å². The third-order valence-corrected chi connectivity index (χ3v) is 7.56. The number of anilines is 2. The van der Waals surface area contributed by atoms with Gasteiger partial charge in [-0.1, -0.05) is 54.1 Å². The molecule has 2 heterocycles. The number of hydrogen-bond donors (Lipinski definition) is 0. The number of benzene rings is 3. The fraction of sp³-hybridized carbons (Fsp3) is 0.167. The van der Waals surface area contributed by atoms with E-state index in [1.165, 1.54) is 17.8 Å². The fourth-order valence-corrected chi connectivity index (χ4v) is 5.76. The Kier molecular flexibility index (Phi) is 4.79. The molecule has 0 N–H and O–H groups in total. The average Bonchev–Trinajstić information content (AvgIpc) is 3.23. The van der Waals surface area contributed by atoms with Crippen LogP contribution in [-0.2, 0) is 21.0 Å². The number of nitrogens with zero attached hydrogens (tertiary/aromatic N) is 2. The van der Waals surface area contributed by atoms with E-state index < -0.39 is 4.87 Å². The lowest BCUT2D eigenvalue weighted by atomic mass is 10.0. The smallest absolute Gasteiger partial charge is 0.269 e. The number of halogens is 2. The van der Waals surface area contributed by atoms with Gasteiger partial charge in [-0.15, -0.1) is 11.8 Å². The quantitative estimate of drug-likeness (QED) is 0.543. The highest BCUT2D eigenvalue weighted by Gasteiger charge is 2.61. The zero-order valence-corrected chi connectivity index (χ0v) is 18.2. The Hall–Kier alpha value is -2.83. The molecule has 0 saturated carbocycles. The van der Waals surface area contributed by atoms with E-state index in [0.717, 1.165) is 11.1 Å². The van der Waals surface area contributed by atoms with Gasteiger partial charge in [0.05, 0.1) is 18.0 Å². The van der Waals surface area contributed by atoms with Crippen LogP contribution in [0, 0.1) is 12.7 Å². The second kappa shape index (κ2) is 7.39. The van der Waals surface area contributed by atoms with Crippen LogP contribution in [0.25, 0.3) is 0 Å². The van der Waals surface area contributed by atoms with Crippen molar-refractivity contribution in [3.05, 3.63) is 94.3 Å². The van der Waals surface area contributed by atoms with Crippen molar-refractivity contribution in [3.63, 3.8) is 0 Å². The van der Waals surface area contributed by atoms with Crippen molar-refractivity contribution in [3.8, 4) is 0 Å². The van der Waals surface area contributed by atoms with Crippen molar-refractivity contribution in [2.24, 2.45) is 0 Å². The number of para-hydroxylation sites is 1. The first kappa shape index (κ1) is 20.1. The number of thioether (sulfide) groups is 1. The molecule has 156 valence electrons. The number of carbonyl (C=O) groups is 2. The monoisotopic (exact) mass is 452 g/mol. The lowest BCUT2D eigenvalue weighted by Gasteiger charge is -2.33. The van der Waals surface area contributed by atoms with E-state index in [-0.39, 0.29) is 29.9 Å². The first-order valence-electron chi connectivity index (χ1n) is 9.81. The zero-order chi connectivity index (χ0) is 21.8. The Balaban J connectivity index is 1.66. The molecule has 2 amide bonds. The Morgan fingerprint density at radius 2 is 1.81 bits per heavy atom. The largest absolute Gasteiger partial charge is 0.304 e. The normalized spacial score (nSPS) is 20.1. The molecular formula is C24H18ClFN2O2S. The Bertz CT molecular complexity index is 1230. The van der Waals surface area contributed by atoms with Crippen LogP contribution in [0.4, 0.5) is 15.8 Å². The third kappa shape index (κ3) is 2.97. The van der Waals surface area contributed by atoms with Gasteiger partial charge in [0.2, 0.25) is 10.8 Å². The number of rotatable bonds is 3. The molecule has 0 aliphatic carbocycles. The predicted octanol–water partition coefficient (Wildman–Crippen LogP) is 5.27. The Morgan fingerprint density at radius 1 is 1.06 bits per heavy atom. The summed E-state index contributed by atoms with van der Waals surface area (Å²) in [6.45, 7) is 1.97. The van der Waals surface area contributed by atoms with Crippen LogP contribution in [0.3, 0.4) is 0 Å². The lowest BCUT2D eigenvalue weighted by Crippen LogP contribution is -2.49. The Labute approximate surface area is 188 Å². The van der Waals surface area contributed by atoms with Crippen LogP contribution in [-0.4, -0.2) is 17.6 Å². The van der Waals surface area contributed by atoms with Gasteiger partial charge in [0.25, 0.3) is 5.91 Å².